The Hall–Kier alpha value is -1.02. The Morgan fingerprint density at radius 3 is 2.65 bits per heavy atom. The fourth-order valence-electron chi connectivity index (χ4n) is 2.31. The van der Waals surface area contributed by atoms with Crippen LogP contribution in [0.15, 0.2) is 18.2 Å². The van der Waals surface area contributed by atoms with Crippen molar-refractivity contribution in [1.82, 2.24) is 0 Å². The fourth-order valence-corrected chi connectivity index (χ4v) is 2.31. The zero-order chi connectivity index (χ0) is 12.4. The lowest BCUT2D eigenvalue weighted by Crippen LogP contribution is -2.25. The molecule has 2 nitrogen and oxygen atoms in total. The Morgan fingerprint density at radius 2 is 2.06 bits per heavy atom. The van der Waals surface area contributed by atoms with Crippen LogP contribution in [-0.4, -0.2) is 17.3 Å². The highest BCUT2D eigenvalue weighted by atomic mass is 16.5. The van der Waals surface area contributed by atoms with Gasteiger partial charge in [0, 0.05) is 0 Å². The van der Waals surface area contributed by atoms with Crippen LogP contribution in [0.4, 0.5) is 0 Å². The van der Waals surface area contributed by atoms with Crippen molar-refractivity contribution in [1.29, 1.82) is 0 Å². The number of benzene rings is 1. The molecule has 2 atom stereocenters. The molecule has 1 aromatic rings. The largest absolute Gasteiger partial charge is 0.487 e. The zero-order valence-corrected chi connectivity index (χ0v) is 10.9. The van der Waals surface area contributed by atoms with E-state index in [0.29, 0.717) is 5.92 Å². The first-order valence-electron chi connectivity index (χ1n) is 6.53. The Kier molecular flexibility index (Phi) is 3.72. The highest BCUT2D eigenvalue weighted by Crippen LogP contribution is 2.29. The second kappa shape index (κ2) is 5.09. The van der Waals surface area contributed by atoms with Crippen molar-refractivity contribution in [3.8, 4) is 5.75 Å². The summed E-state index contributed by atoms with van der Waals surface area (Å²) in [5, 5.41) is 9.79. The average molecular weight is 234 g/mol. The van der Waals surface area contributed by atoms with Gasteiger partial charge in [-0.3, -0.25) is 0 Å². The second-order valence-corrected chi connectivity index (χ2v) is 5.33. The average Bonchev–Trinajstić information content (AvgIpc) is 2.67. The Bertz CT molecular complexity index is 385. The number of hydrogen-bond acceptors (Lipinski definition) is 2. The van der Waals surface area contributed by atoms with Crippen molar-refractivity contribution < 1.29 is 9.84 Å². The van der Waals surface area contributed by atoms with Crippen molar-refractivity contribution >= 4 is 0 Å². The van der Waals surface area contributed by atoms with Gasteiger partial charge in [-0.2, -0.15) is 0 Å². The van der Waals surface area contributed by atoms with Gasteiger partial charge in [0.15, 0.2) is 0 Å². The molecule has 2 rings (SSSR count). The normalized spacial score (nSPS) is 24.3. The van der Waals surface area contributed by atoms with E-state index in [0.717, 1.165) is 30.6 Å². The monoisotopic (exact) mass is 234 g/mol. The minimum absolute atomic E-state index is 0.0175. The van der Waals surface area contributed by atoms with Gasteiger partial charge in [0.1, 0.15) is 11.9 Å². The van der Waals surface area contributed by atoms with E-state index in [-0.39, 0.29) is 12.2 Å². The molecule has 1 aliphatic carbocycles. The maximum absolute atomic E-state index is 9.79. The van der Waals surface area contributed by atoms with Crippen LogP contribution in [-0.2, 0) is 0 Å². The van der Waals surface area contributed by atoms with Crippen LogP contribution in [0.25, 0.3) is 0 Å². The van der Waals surface area contributed by atoms with Crippen molar-refractivity contribution in [3.05, 3.63) is 29.3 Å². The molecule has 0 saturated heterocycles. The summed E-state index contributed by atoms with van der Waals surface area (Å²) in [6.45, 7) is 6.42. The molecule has 2 heteroatoms. The molecule has 94 valence electrons. The number of hydrogen-bond donors (Lipinski definition) is 1. The lowest BCUT2D eigenvalue weighted by Gasteiger charge is -2.19. The SMILES string of the molecule is Cc1ccc(C(C)C)cc1O[C@H]1CCC[C@@H]1O. The molecular weight excluding hydrogens is 212 g/mol. The zero-order valence-electron chi connectivity index (χ0n) is 10.9. The molecule has 0 radical (unpaired) electrons. The van der Waals surface area contributed by atoms with Gasteiger partial charge in [-0.25, -0.2) is 0 Å². The third-order valence-electron chi connectivity index (χ3n) is 3.57. The van der Waals surface area contributed by atoms with Crippen LogP contribution in [0.3, 0.4) is 0 Å². The lowest BCUT2D eigenvalue weighted by molar-refractivity contribution is 0.0599. The van der Waals surface area contributed by atoms with Crippen molar-refractivity contribution in [2.45, 2.75) is 58.2 Å². The number of ether oxygens (including phenoxy) is 1. The van der Waals surface area contributed by atoms with Crippen molar-refractivity contribution in [2.75, 3.05) is 0 Å². The standard InChI is InChI=1S/C15H22O2/c1-10(2)12-8-7-11(3)15(9-12)17-14-6-4-5-13(14)16/h7-10,13-14,16H,4-6H2,1-3H3/t13-,14-/m0/s1. The fraction of sp³-hybridized carbons (Fsp3) is 0.600. The van der Waals surface area contributed by atoms with E-state index in [1.807, 2.05) is 0 Å². The number of aliphatic hydroxyl groups excluding tert-OH is 1. The van der Waals surface area contributed by atoms with Crippen LogP contribution >= 0.6 is 0 Å². The smallest absolute Gasteiger partial charge is 0.124 e. The Morgan fingerprint density at radius 1 is 1.29 bits per heavy atom. The summed E-state index contributed by atoms with van der Waals surface area (Å²) < 4.78 is 5.96. The molecule has 1 N–H and O–H groups in total. The van der Waals surface area contributed by atoms with Crippen LogP contribution in [0, 0.1) is 6.92 Å². The Balaban J connectivity index is 2.16. The topological polar surface area (TPSA) is 29.5 Å². The highest BCUT2D eigenvalue weighted by molar-refractivity contribution is 5.38. The van der Waals surface area contributed by atoms with E-state index >= 15 is 0 Å². The summed E-state index contributed by atoms with van der Waals surface area (Å²) in [5.41, 5.74) is 2.44. The van der Waals surface area contributed by atoms with Gasteiger partial charge >= 0.3 is 0 Å². The molecule has 1 fully saturated rings. The molecule has 1 aromatic carbocycles. The van der Waals surface area contributed by atoms with Crippen LogP contribution in [0.2, 0.25) is 0 Å². The lowest BCUT2D eigenvalue weighted by atomic mass is 10.0. The van der Waals surface area contributed by atoms with Crippen LogP contribution in [0.5, 0.6) is 5.75 Å². The number of aryl methyl sites for hydroxylation is 1. The molecule has 1 aliphatic rings. The summed E-state index contributed by atoms with van der Waals surface area (Å²) >= 11 is 0. The van der Waals surface area contributed by atoms with Crippen molar-refractivity contribution in [2.24, 2.45) is 0 Å². The van der Waals surface area contributed by atoms with Crippen molar-refractivity contribution in [3.63, 3.8) is 0 Å². The maximum Gasteiger partial charge on any atom is 0.124 e. The van der Waals surface area contributed by atoms with Gasteiger partial charge in [-0.15, -0.1) is 0 Å². The van der Waals surface area contributed by atoms with E-state index in [2.05, 4.69) is 39.0 Å². The number of rotatable bonds is 3. The molecule has 0 aliphatic heterocycles. The van der Waals surface area contributed by atoms with E-state index in [4.69, 9.17) is 4.74 Å². The first kappa shape index (κ1) is 12.4. The molecular formula is C15H22O2. The minimum atomic E-state index is -0.294. The summed E-state index contributed by atoms with van der Waals surface area (Å²) in [4.78, 5) is 0. The highest BCUT2D eigenvalue weighted by Gasteiger charge is 2.27. The molecule has 0 unspecified atom stereocenters. The minimum Gasteiger partial charge on any atom is -0.487 e. The maximum atomic E-state index is 9.79. The summed E-state index contributed by atoms with van der Waals surface area (Å²) in [5.74, 6) is 1.44. The molecule has 17 heavy (non-hydrogen) atoms. The van der Waals surface area contributed by atoms with Crippen LogP contribution < -0.4 is 4.74 Å². The van der Waals surface area contributed by atoms with Gasteiger partial charge in [-0.1, -0.05) is 26.0 Å². The van der Waals surface area contributed by atoms with Gasteiger partial charge in [0.2, 0.25) is 0 Å². The van der Waals surface area contributed by atoms with E-state index in [1.165, 1.54) is 5.56 Å². The first-order chi connectivity index (χ1) is 8.08. The molecule has 0 aromatic heterocycles. The van der Waals surface area contributed by atoms with E-state index in [9.17, 15) is 5.11 Å². The predicted molar refractivity (Wildman–Crippen MR) is 69.5 cm³/mol. The molecule has 0 spiro atoms. The summed E-state index contributed by atoms with van der Waals surface area (Å²) in [6, 6.07) is 6.37. The third-order valence-corrected chi connectivity index (χ3v) is 3.57. The van der Waals surface area contributed by atoms with Gasteiger partial charge in [-0.05, 0) is 49.3 Å². The second-order valence-electron chi connectivity index (χ2n) is 5.33. The quantitative estimate of drug-likeness (QED) is 0.868. The van der Waals surface area contributed by atoms with E-state index < -0.39 is 0 Å². The summed E-state index contributed by atoms with van der Waals surface area (Å²) in [7, 11) is 0. The van der Waals surface area contributed by atoms with Crippen LogP contribution in [0.1, 0.15) is 50.2 Å². The number of aliphatic hydroxyl groups is 1. The van der Waals surface area contributed by atoms with Gasteiger partial charge in [0.25, 0.3) is 0 Å². The van der Waals surface area contributed by atoms with Gasteiger partial charge in [0.05, 0.1) is 6.10 Å². The molecule has 0 bridgehead atoms. The molecule has 1 saturated carbocycles. The molecule has 0 heterocycles. The van der Waals surface area contributed by atoms with Gasteiger partial charge < -0.3 is 9.84 Å². The summed E-state index contributed by atoms with van der Waals surface area (Å²) in [6.07, 6.45) is 2.59. The third kappa shape index (κ3) is 2.81. The first-order valence-corrected chi connectivity index (χ1v) is 6.53. The predicted octanol–water partition coefficient (Wildman–Crippen LogP) is 3.41. The Labute approximate surface area is 104 Å². The van der Waals surface area contributed by atoms with E-state index in [1.54, 1.807) is 0 Å². The molecule has 0 amide bonds.